The number of carbonyl (C=O) groups is 2. The summed E-state index contributed by atoms with van der Waals surface area (Å²) in [6.45, 7) is 2.92. The normalized spacial score (nSPS) is 17.2. The fourth-order valence-electron chi connectivity index (χ4n) is 5.23. The molecule has 0 saturated carbocycles. The molecule has 8 heteroatoms. The maximum atomic E-state index is 13.0. The molecular weight excluding hydrogens is 467 g/mol. The summed E-state index contributed by atoms with van der Waals surface area (Å²) >= 11 is 0. The lowest BCUT2D eigenvalue weighted by atomic mass is 9.79. The Labute approximate surface area is 207 Å². The number of hydrogen-bond acceptors (Lipinski definition) is 2. The van der Waals surface area contributed by atoms with Gasteiger partial charge in [0.2, 0.25) is 0 Å². The van der Waals surface area contributed by atoms with Gasteiger partial charge in [0, 0.05) is 37.9 Å². The van der Waals surface area contributed by atoms with E-state index in [4.69, 9.17) is 0 Å². The van der Waals surface area contributed by atoms with Gasteiger partial charge in [-0.25, -0.2) is 0 Å². The molecule has 1 aromatic heterocycles. The Bertz CT molecular complexity index is 1210. The van der Waals surface area contributed by atoms with Crippen molar-refractivity contribution in [3.8, 4) is 0 Å². The lowest BCUT2D eigenvalue weighted by molar-refractivity contribution is -0.137. The number of H-pyrrole nitrogens is 1. The van der Waals surface area contributed by atoms with Crippen LogP contribution in [-0.2, 0) is 12.6 Å². The summed E-state index contributed by atoms with van der Waals surface area (Å²) in [5.41, 5.74) is 1.99. The molecule has 0 spiro atoms. The summed E-state index contributed by atoms with van der Waals surface area (Å²) in [6.07, 6.45) is -0.343. The third-order valence-electron chi connectivity index (χ3n) is 7.38. The van der Waals surface area contributed by atoms with Crippen LogP contribution in [0, 0.1) is 11.8 Å². The number of aromatic amines is 1. The summed E-state index contributed by atoms with van der Waals surface area (Å²) in [5, 5.41) is 0. The Balaban J connectivity index is 1.10. The molecule has 3 aromatic rings. The SMILES string of the molecule is O=C(c1ccc(Cc2cccc(C(F)(F)F)c2)cc1)N1CC(C2CCN(C(=O)c3ccc[nH]3)CC2)C1. The largest absolute Gasteiger partial charge is 0.416 e. The van der Waals surface area contributed by atoms with Crippen molar-refractivity contribution in [1.82, 2.24) is 14.8 Å². The number of carbonyl (C=O) groups excluding carboxylic acids is 2. The van der Waals surface area contributed by atoms with Crippen molar-refractivity contribution in [2.75, 3.05) is 26.2 Å². The van der Waals surface area contributed by atoms with Crippen LogP contribution in [0.1, 0.15) is 50.4 Å². The van der Waals surface area contributed by atoms with Crippen molar-refractivity contribution in [2.24, 2.45) is 11.8 Å². The minimum atomic E-state index is -4.36. The maximum Gasteiger partial charge on any atom is 0.416 e. The number of halogens is 3. The number of nitrogens with one attached hydrogen (secondary N) is 1. The van der Waals surface area contributed by atoms with Crippen LogP contribution >= 0.6 is 0 Å². The van der Waals surface area contributed by atoms with Crippen molar-refractivity contribution in [2.45, 2.75) is 25.4 Å². The number of piperidine rings is 1. The molecule has 0 aliphatic carbocycles. The monoisotopic (exact) mass is 495 g/mol. The minimum Gasteiger partial charge on any atom is -0.357 e. The molecule has 1 N–H and O–H groups in total. The van der Waals surface area contributed by atoms with E-state index >= 15 is 0 Å². The fraction of sp³-hybridized carbons (Fsp3) is 0.357. The van der Waals surface area contributed by atoms with E-state index in [-0.39, 0.29) is 11.8 Å². The summed E-state index contributed by atoms with van der Waals surface area (Å²) < 4.78 is 38.9. The zero-order chi connectivity index (χ0) is 25.3. The molecule has 5 nitrogen and oxygen atoms in total. The molecule has 2 saturated heterocycles. The van der Waals surface area contributed by atoms with Gasteiger partial charge in [0.05, 0.1) is 5.56 Å². The predicted octanol–water partition coefficient (Wildman–Crippen LogP) is 5.25. The van der Waals surface area contributed by atoms with E-state index in [9.17, 15) is 22.8 Å². The van der Waals surface area contributed by atoms with Gasteiger partial charge in [0.1, 0.15) is 5.69 Å². The average Bonchev–Trinajstić information content (AvgIpc) is 3.38. The molecule has 5 rings (SSSR count). The Morgan fingerprint density at radius 2 is 1.56 bits per heavy atom. The van der Waals surface area contributed by atoms with Gasteiger partial charge < -0.3 is 14.8 Å². The first kappa shape index (κ1) is 24.2. The molecule has 2 fully saturated rings. The highest BCUT2D eigenvalue weighted by molar-refractivity contribution is 5.95. The smallest absolute Gasteiger partial charge is 0.357 e. The molecule has 2 aromatic carbocycles. The Kier molecular flexibility index (Phi) is 6.60. The molecule has 2 aliphatic rings. The number of amides is 2. The van der Waals surface area contributed by atoms with E-state index in [1.807, 2.05) is 28.0 Å². The number of rotatable bonds is 5. The second-order valence-electron chi connectivity index (χ2n) is 9.76. The predicted molar refractivity (Wildman–Crippen MR) is 130 cm³/mol. The molecule has 2 aliphatic heterocycles. The van der Waals surface area contributed by atoms with Crippen LogP contribution < -0.4 is 0 Å². The Morgan fingerprint density at radius 3 is 2.19 bits per heavy atom. The molecule has 0 unspecified atom stereocenters. The van der Waals surface area contributed by atoms with Crippen LogP contribution in [0.3, 0.4) is 0 Å². The third kappa shape index (κ3) is 5.17. The first-order valence-corrected chi connectivity index (χ1v) is 12.2. The topological polar surface area (TPSA) is 56.4 Å². The number of alkyl halides is 3. The zero-order valence-electron chi connectivity index (χ0n) is 19.8. The summed E-state index contributed by atoms with van der Waals surface area (Å²) in [4.78, 5) is 32.1. The van der Waals surface area contributed by atoms with Crippen molar-refractivity contribution < 1.29 is 22.8 Å². The summed E-state index contributed by atoms with van der Waals surface area (Å²) in [5.74, 6) is 0.991. The van der Waals surface area contributed by atoms with Gasteiger partial charge >= 0.3 is 6.18 Å². The second-order valence-corrected chi connectivity index (χ2v) is 9.76. The number of aromatic nitrogens is 1. The van der Waals surface area contributed by atoms with Gasteiger partial charge in [0.25, 0.3) is 11.8 Å². The van der Waals surface area contributed by atoms with E-state index < -0.39 is 11.7 Å². The van der Waals surface area contributed by atoms with Crippen LogP contribution in [0.25, 0.3) is 0 Å². The lowest BCUT2D eigenvalue weighted by Gasteiger charge is -2.46. The number of nitrogens with zero attached hydrogens (tertiary/aromatic N) is 2. The van der Waals surface area contributed by atoms with Gasteiger partial charge in [-0.15, -0.1) is 0 Å². The van der Waals surface area contributed by atoms with Gasteiger partial charge in [-0.3, -0.25) is 9.59 Å². The molecule has 188 valence electrons. The highest BCUT2D eigenvalue weighted by Crippen LogP contribution is 2.33. The summed E-state index contributed by atoms with van der Waals surface area (Å²) in [7, 11) is 0. The molecule has 3 heterocycles. The maximum absolute atomic E-state index is 13.0. The fourth-order valence-corrected chi connectivity index (χ4v) is 5.23. The van der Waals surface area contributed by atoms with Crippen LogP contribution in [0.2, 0.25) is 0 Å². The highest BCUT2D eigenvalue weighted by atomic mass is 19.4. The highest BCUT2D eigenvalue weighted by Gasteiger charge is 2.38. The average molecular weight is 496 g/mol. The van der Waals surface area contributed by atoms with Gasteiger partial charge in [-0.1, -0.05) is 30.3 Å². The van der Waals surface area contributed by atoms with Crippen molar-refractivity contribution in [3.63, 3.8) is 0 Å². The molecule has 0 bridgehead atoms. The van der Waals surface area contributed by atoms with E-state index in [0.717, 1.165) is 50.7 Å². The summed E-state index contributed by atoms with van der Waals surface area (Å²) in [6, 6.07) is 16.1. The zero-order valence-corrected chi connectivity index (χ0v) is 19.8. The number of likely N-dealkylation sites (tertiary alicyclic amines) is 2. The van der Waals surface area contributed by atoms with E-state index in [2.05, 4.69) is 4.98 Å². The van der Waals surface area contributed by atoms with Crippen molar-refractivity contribution in [3.05, 3.63) is 94.8 Å². The quantitative estimate of drug-likeness (QED) is 0.526. The molecular formula is C28H28F3N3O2. The van der Waals surface area contributed by atoms with Gasteiger partial charge in [0.15, 0.2) is 0 Å². The van der Waals surface area contributed by atoms with E-state index in [1.165, 1.54) is 12.1 Å². The van der Waals surface area contributed by atoms with E-state index in [0.29, 0.717) is 35.1 Å². The van der Waals surface area contributed by atoms with Crippen LogP contribution in [0.4, 0.5) is 13.2 Å². The third-order valence-corrected chi connectivity index (χ3v) is 7.38. The molecule has 36 heavy (non-hydrogen) atoms. The van der Waals surface area contributed by atoms with Crippen molar-refractivity contribution in [1.29, 1.82) is 0 Å². The molecule has 2 amide bonds. The van der Waals surface area contributed by atoms with Gasteiger partial charge in [-0.05, 0) is 72.6 Å². The first-order valence-electron chi connectivity index (χ1n) is 12.2. The van der Waals surface area contributed by atoms with E-state index in [1.54, 1.807) is 30.5 Å². The lowest BCUT2D eigenvalue weighted by Crippen LogP contribution is -2.54. The standard InChI is InChI=1S/C28H28F3N3O2/c29-28(30,31)24-4-1-3-20(16-24)15-19-6-8-22(9-7-19)26(35)34-17-23(18-34)21-10-13-33(14-11-21)27(36)25-5-2-12-32-25/h1-9,12,16,21,23,32H,10-11,13-15,17-18H2. The Morgan fingerprint density at radius 1 is 0.833 bits per heavy atom. The molecule has 0 atom stereocenters. The van der Waals surface area contributed by atoms with Gasteiger partial charge in [-0.2, -0.15) is 13.2 Å². The minimum absolute atomic E-state index is 0.0174. The van der Waals surface area contributed by atoms with Crippen molar-refractivity contribution >= 4 is 11.8 Å². The number of hydrogen-bond donors (Lipinski definition) is 1. The number of benzene rings is 2. The van der Waals surface area contributed by atoms with Crippen LogP contribution in [-0.4, -0.2) is 52.8 Å². The van der Waals surface area contributed by atoms with Crippen LogP contribution in [0.15, 0.2) is 66.9 Å². The van der Waals surface area contributed by atoms with Crippen LogP contribution in [0.5, 0.6) is 0 Å². The second kappa shape index (κ2) is 9.84. The first-order chi connectivity index (χ1) is 17.3. The Hall–Kier alpha value is -3.55. The molecule has 0 radical (unpaired) electrons.